The van der Waals surface area contributed by atoms with E-state index < -0.39 is 10.1 Å². The maximum Gasteiger partial charge on any atom is 0.308 e. The van der Waals surface area contributed by atoms with Gasteiger partial charge in [0.2, 0.25) is 5.91 Å². The van der Waals surface area contributed by atoms with Crippen molar-refractivity contribution in [1.82, 2.24) is 4.90 Å². The molecule has 0 heterocycles. The third-order valence-corrected chi connectivity index (χ3v) is 4.40. The molecule has 0 fully saturated rings. The molecule has 1 rings (SSSR count). The quantitative estimate of drug-likeness (QED) is 0.642. The van der Waals surface area contributed by atoms with Crippen molar-refractivity contribution in [2.24, 2.45) is 5.92 Å². The Morgan fingerprint density at radius 2 is 1.83 bits per heavy atom. The van der Waals surface area contributed by atoms with Crippen LogP contribution in [-0.4, -0.2) is 45.2 Å². The molecule has 0 unspecified atom stereocenters. The first kappa shape index (κ1) is 19.4. The fourth-order valence-electron chi connectivity index (χ4n) is 1.91. The van der Waals surface area contributed by atoms with Crippen molar-refractivity contribution in [1.29, 1.82) is 0 Å². The van der Waals surface area contributed by atoms with E-state index in [1.54, 1.807) is 36.3 Å². The SMILES string of the molecule is CCS(=O)(=O)Oc1ccc(CN(CCOC)C(=O)C(C)C)cc1. The van der Waals surface area contributed by atoms with E-state index in [0.29, 0.717) is 19.7 Å². The molecule has 0 bridgehead atoms. The summed E-state index contributed by atoms with van der Waals surface area (Å²) < 4.78 is 32.8. The predicted octanol–water partition coefficient (Wildman–Crippen LogP) is 2.05. The van der Waals surface area contributed by atoms with Crippen molar-refractivity contribution in [3.05, 3.63) is 29.8 Å². The van der Waals surface area contributed by atoms with Crippen molar-refractivity contribution in [3.63, 3.8) is 0 Å². The molecule has 0 saturated heterocycles. The summed E-state index contributed by atoms with van der Waals surface area (Å²) in [7, 11) is -1.93. The van der Waals surface area contributed by atoms with Crippen LogP contribution >= 0.6 is 0 Å². The molecule has 7 heteroatoms. The first-order valence-corrected chi connectivity index (χ1v) is 9.15. The summed E-state index contributed by atoms with van der Waals surface area (Å²) in [4.78, 5) is 13.9. The van der Waals surface area contributed by atoms with Crippen LogP contribution in [0.15, 0.2) is 24.3 Å². The minimum absolute atomic E-state index is 0.0518. The van der Waals surface area contributed by atoms with Gasteiger partial charge in [0.05, 0.1) is 12.4 Å². The molecule has 0 aliphatic carbocycles. The summed E-state index contributed by atoms with van der Waals surface area (Å²) in [6.45, 7) is 6.66. The Labute approximate surface area is 138 Å². The average Bonchev–Trinajstić information content (AvgIpc) is 2.52. The molecule has 0 aliphatic rings. The molecular formula is C16H25NO5S. The smallest absolute Gasteiger partial charge is 0.308 e. The second kappa shape index (κ2) is 8.88. The first-order valence-electron chi connectivity index (χ1n) is 7.58. The average molecular weight is 343 g/mol. The molecule has 0 N–H and O–H groups in total. The summed E-state index contributed by atoms with van der Waals surface area (Å²) in [5.74, 6) is 0.150. The van der Waals surface area contributed by atoms with Gasteiger partial charge in [-0.2, -0.15) is 8.42 Å². The van der Waals surface area contributed by atoms with Crippen molar-refractivity contribution >= 4 is 16.0 Å². The van der Waals surface area contributed by atoms with E-state index in [1.165, 1.54) is 6.92 Å². The number of carbonyl (C=O) groups is 1. The van der Waals surface area contributed by atoms with Gasteiger partial charge in [0.1, 0.15) is 5.75 Å². The highest BCUT2D eigenvalue weighted by Gasteiger charge is 2.17. The number of carbonyl (C=O) groups excluding carboxylic acids is 1. The molecule has 1 amide bonds. The van der Waals surface area contributed by atoms with Gasteiger partial charge < -0.3 is 13.8 Å². The topological polar surface area (TPSA) is 72.9 Å². The Balaban J connectivity index is 2.79. The molecule has 0 aromatic heterocycles. The molecule has 6 nitrogen and oxygen atoms in total. The zero-order chi connectivity index (χ0) is 17.5. The summed E-state index contributed by atoms with van der Waals surface area (Å²) in [6.07, 6.45) is 0. The maximum atomic E-state index is 12.2. The third-order valence-electron chi connectivity index (χ3n) is 3.24. The lowest BCUT2D eigenvalue weighted by Gasteiger charge is -2.24. The van der Waals surface area contributed by atoms with Gasteiger partial charge >= 0.3 is 10.1 Å². The number of hydrogen-bond donors (Lipinski definition) is 0. The van der Waals surface area contributed by atoms with Crippen LogP contribution in [0.3, 0.4) is 0 Å². The van der Waals surface area contributed by atoms with Gasteiger partial charge in [0.15, 0.2) is 0 Å². The number of rotatable bonds is 9. The molecule has 130 valence electrons. The fraction of sp³-hybridized carbons (Fsp3) is 0.562. The number of methoxy groups -OCH3 is 1. The molecular weight excluding hydrogens is 318 g/mol. The van der Waals surface area contributed by atoms with Crippen LogP contribution in [0.1, 0.15) is 26.3 Å². The van der Waals surface area contributed by atoms with Crippen LogP contribution in [0, 0.1) is 5.92 Å². The van der Waals surface area contributed by atoms with Crippen molar-refractivity contribution in [2.45, 2.75) is 27.3 Å². The van der Waals surface area contributed by atoms with Gasteiger partial charge in [-0.15, -0.1) is 0 Å². The molecule has 0 aliphatic heterocycles. The lowest BCUT2D eigenvalue weighted by molar-refractivity contribution is -0.135. The lowest BCUT2D eigenvalue weighted by atomic mass is 10.1. The van der Waals surface area contributed by atoms with Gasteiger partial charge in [-0.25, -0.2) is 0 Å². The van der Waals surface area contributed by atoms with E-state index in [0.717, 1.165) is 5.56 Å². The van der Waals surface area contributed by atoms with Crippen molar-refractivity contribution < 1.29 is 22.1 Å². The summed E-state index contributed by atoms with van der Waals surface area (Å²) in [5, 5.41) is 0. The highest BCUT2D eigenvalue weighted by molar-refractivity contribution is 7.87. The standard InChI is InChI=1S/C16H25NO5S/c1-5-23(19,20)22-15-8-6-14(7-9-15)12-17(10-11-21-4)16(18)13(2)3/h6-9,13H,5,10-12H2,1-4H3. The van der Waals surface area contributed by atoms with Crippen LogP contribution in [0.2, 0.25) is 0 Å². The maximum absolute atomic E-state index is 12.2. The van der Waals surface area contributed by atoms with E-state index in [-0.39, 0.29) is 23.3 Å². The highest BCUT2D eigenvalue weighted by atomic mass is 32.2. The predicted molar refractivity (Wildman–Crippen MR) is 88.7 cm³/mol. The van der Waals surface area contributed by atoms with Gasteiger partial charge in [-0.3, -0.25) is 4.79 Å². The largest absolute Gasteiger partial charge is 0.383 e. The van der Waals surface area contributed by atoms with Crippen LogP contribution < -0.4 is 4.18 Å². The van der Waals surface area contributed by atoms with E-state index in [9.17, 15) is 13.2 Å². The Hall–Kier alpha value is -1.60. The molecule has 0 atom stereocenters. The lowest BCUT2D eigenvalue weighted by Crippen LogP contribution is -2.36. The van der Waals surface area contributed by atoms with Crippen LogP contribution in [-0.2, 0) is 26.2 Å². The third kappa shape index (κ3) is 6.58. The van der Waals surface area contributed by atoms with E-state index >= 15 is 0 Å². The van der Waals surface area contributed by atoms with Crippen LogP contribution in [0.4, 0.5) is 0 Å². The van der Waals surface area contributed by atoms with Crippen molar-refractivity contribution in [3.8, 4) is 5.75 Å². The molecule has 1 aromatic carbocycles. The summed E-state index contributed by atoms with van der Waals surface area (Å²) in [6, 6.07) is 6.70. The van der Waals surface area contributed by atoms with Crippen molar-refractivity contribution in [2.75, 3.05) is 26.0 Å². The Morgan fingerprint density at radius 1 is 1.22 bits per heavy atom. The number of ether oxygens (including phenoxy) is 1. The minimum atomic E-state index is -3.53. The van der Waals surface area contributed by atoms with E-state index in [2.05, 4.69) is 0 Å². The highest BCUT2D eigenvalue weighted by Crippen LogP contribution is 2.16. The van der Waals surface area contributed by atoms with E-state index in [4.69, 9.17) is 8.92 Å². The number of amides is 1. The van der Waals surface area contributed by atoms with Crippen LogP contribution in [0.5, 0.6) is 5.75 Å². The Bertz CT molecular complexity index is 595. The zero-order valence-electron chi connectivity index (χ0n) is 14.1. The first-order chi connectivity index (χ1) is 10.8. The van der Waals surface area contributed by atoms with Gasteiger partial charge in [-0.1, -0.05) is 26.0 Å². The second-order valence-electron chi connectivity index (χ2n) is 5.48. The monoisotopic (exact) mass is 343 g/mol. The fourth-order valence-corrected chi connectivity index (χ4v) is 2.43. The molecule has 1 aromatic rings. The van der Waals surface area contributed by atoms with Gasteiger partial charge in [-0.05, 0) is 24.6 Å². The molecule has 0 radical (unpaired) electrons. The molecule has 23 heavy (non-hydrogen) atoms. The van der Waals surface area contributed by atoms with E-state index in [1.807, 2.05) is 13.8 Å². The molecule has 0 spiro atoms. The van der Waals surface area contributed by atoms with Crippen LogP contribution in [0.25, 0.3) is 0 Å². The number of hydrogen-bond acceptors (Lipinski definition) is 5. The Morgan fingerprint density at radius 3 is 2.30 bits per heavy atom. The Kier molecular flexibility index (Phi) is 7.51. The summed E-state index contributed by atoms with van der Waals surface area (Å²) in [5.41, 5.74) is 0.899. The normalized spacial score (nSPS) is 11.5. The van der Waals surface area contributed by atoms with Gasteiger partial charge in [0, 0.05) is 26.1 Å². The molecule has 0 saturated carbocycles. The minimum Gasteiger partial charge on any atom is -0.383 e. The summed E-state index contributed by atoms with van der Waals surface area (Å²) >= 11 is 0. The number of benzene rings is 1. The second-order valence-corrected chi connectivity index (χ2v) is 7.34. The van der Waals surface area contributed by atoms with Gasteiger partial charge in [0.25, 0.3) is 0 Å². The zero-order valence-corrected chi connectivity index (χ0v) is 14.9. The number of nitrogens with zero attached hydrogens (tertiary/aromatic N) is 1.